The molecule has 0 saturated carbocycles. The van der Waals surface area contributed by atoms with Crippen LogP contribution in [0.2, 0.25) is 0 Å². The van der Waals surface area contributed by atoms with E-state index < -0.39 is 23.9 Å². The summed E-state index contributed by atoms with van der Waals surface area (Å²) in [4.78, 5) is 6.13. The summed E-state index contributed by atoms with van der Waals surface area (Å²) in [6.45, 7) is 5.15. The number of alkyl halides is 3. The quantitative estimate of drug-likeness (QED) is 0.447. The third-order valence-electron chi connectivity index (χ3n) is 4.99. The topological polar surface area (TPSA) is 54.3 Å². The number of ether oxygens (including phenoxy) is 2. The number of aliphatic imine (C=N–C) groups is 1. The minimum Gasteiger partial charge on any atom is -0.496 e. The standard InChI is InChI=1S/C23H29F3N2O3/c1-6-28(4)15-27-20-12-21(30-5)19(11-17(20)3)22(29,23(24,25)26)14-31-13-18-9-7-8-16(2)10-18/h7-12,15,29H,6,13-14H2,1-5H3/b27-15+. The summed E-state index contributed by atoms with van der Waals surface area (Å²) < 4.78 is 52.5. The van der Waals surface area contributed by atoms with Gasteiger partial charge in [0.15, 0.2) is 0 Å². The van der Waals surface area contributed by atoms with E-state index in [1.165, 1.54) is 19.2 Å². The molecule has 31 heavy (non-hydrogen) atoms. The lowest BCUT2D eigenvalue weighted by Gasteiger charge is -2.32. The van der Waals surface area contributed by atoms with Gasteiger partial charge in [-0.15, -0.1) is 0 Å². The second kappa shape index (κ2) is 10.2. The Bertz CT molecular complexity index is 915. The van der Waals surface area contributed by atoms with E-state index in [4.69, 9.17) is 9.47 Å². The van der Waals surface area contributed by atoms with E-state index in [-0.39, 0.29) is 12.4 Å². The Morgan fingerprint density at radius 1 is 1.16 bits per heavy atom. The molecule has 0 aromatic heterocycles. The molecule has 2 rings (SSSR count). The summed E-state index contributed by atoms with van der Waals surface area (Å²) in [5.41, 5.74) is -1.04. The average molecular weight is 438 g/mol. The Balaban J connectivity index is 2.37. The zero-order valence-electron chi connectivity index (χ0n) is 18.5. The molecule has 2 aromatic rings. The van der Waals surface area contributed by atoms with Crippen LogP contribution in [0.25, 0.3) is 0 Å². The summed E-state index contributed by atoms with van der Waals surface area (Å²) in [5, 5.41) is 10.8. The number of nitrogens with zero attached hydrogens (tertiary/aromatic N) is 2. The van der Waals surface area contributed by atoms with E-state index in [0.717, 1.165) is 17.7 Å². The maximum absolute atomic E-state index is 14.0. The van der Waals surface area contributed by atoms with Crippen LogP contribution in [0.3, 0.4) is 0 Å². The summed E-state index contributed by atoms with van der Waals surface area (Å²) in [5.74, 6) is -0.115. The zero-order chi connectivity index (χ0) is 23.2. The molecule has 0 aliphatic rings. The minimum atomic E-state index is -4.98. The molecule has 170 valence electrons. The van der Waals surface area contributed by atoms with Crippen LogP contribution >= 0.6 is 0 Å². The first-order chi connectivity index (χ1) is 14.5. The number of rotatable bonds is 9. The number of hydrogen-bond acceptors (Lipinski definition) is 4. The average Bonchev–Trinajstić information content (AvgIpc) is 2.71. The van der Waals surface area contributed by atoms with Gasteiger partial charge in [-0.1, -0.05) is 29.8 Å². The third-order valence-corrected chi connectivity index (χ3v) is 4.99. The summed E-state index contributed by atoms with van der Waals surface area (Å²) >= 11 is 0. The van der Waals surface area contributed by atoms with Gasteiger partial charge in [-0.3, -0.25) is 0 Å². The molecule has 1 unspecified atom stereocenters. The molecular weight excluding hydrogens is 409 g/mol. The molecule has 0 saturated heterocycles. The molecule has 0 bridgehead atoms. The summed E-state index contributed by atoms with van der Waals surface area (Å²) in [6, 6.07) is 9.89. The molecule has 0 amide bonds. The molecule has 0 aliphatic heterocycles. The highest BCUT2D eigenvalue weighted by atomic mass is 19.4. The van der Waals surface area contributed by atoms with Crippen molar-refractivity contribution in [1.29, 1.82) is 0 Å². The number of hydrogen-bond donors (Lipinski definition) is 1. The van der Waals surface area contributed by atoms with Gasteiger partial charge >= 0.3 is 6.18 Å². The Labute approximate surface area is 181 Å². The van der Waals surface area contributed by atoms with Crippen LogP contribution in [0.5, 0.6) is 5.75 Å². The van der Waals surface area contributed by atoms with Crippen molar-refractivity contribution in [3.05, 3.63) is 58.7 Å². The Kier molecular flexibility index (Phi) is 8.08. The van der Waals surface area contributed by atoms with Gasteiger partial charge in [-0.2, -0.15) is 13.2 Å². The van der Waals surface area contributed by atoms with Crippen molar-refractivity contribution in [1.82, 2.24) is 4.90 Å². The van der Waals surface area contributed by atoms with Crippen LogP contribution in [0.4, 0.5) is 18.9 Å². The predicted octanol–water partition coefficient (Wildman–Crippen LogP) is 4.89. The molecule has 1 N–H and O–H groups in total. The lowest BCUT2D eigenvalue weighted by Crippen LogP contribution is -2.46. The van der Waals surface area contributed by atoms with Gasteiger partial charge in [0.1, 0.15) is 5.75 Å². The Hall–Kier alpha value is -2.58. The molecule has 8 heteroatoms. The van der Waals surface area contributed by atoms with Crippen molar-refractivity contribution in [2.45, 2.75) is 39.2 Å². The molecular formula is C23H29F3N2O3. The lowest BCUT2D eigenvalue weighted by atomic mass is 9.91. The molecule has 0 radical (unpaired) electrons. The molecule has 0 aliphatic carbocycles. The third kappa shape index (κ3) is 5.98. The fourth-order valence-electron chi connectivity index (χ4n) is 2.98. The van der Waals surface area contributed by atoms with Crippen molar-refractivity contribution in [2.24, 2.45) is 4.99 Å². The highest BCUT2D eigenvalue weighted by Crippen LogP contribution is 2.45. The first-order valence-corrected chi connectivity index (χ1v) is 9.87. The second-order valence-electron chi connectivity index (χ2n) is 7.50. The Morgan fingerprint density at radius 2 is 1.87 bits per heavy atom. The van der Waals surface area contributed by atoms with Crippen LogP contribution in [-0.4, -0.2) is 49.8 Å². The van der Waals surface area contributed by atoms with Gasteiger partial charge in [0, 0.05) is 25.2 Å². The fourth-order valence-corrected chi connectivity index (χ4v) is 2.98. The predicted molar refractivity (Wildman–Crippen MR) is 115 cm³/mol. The van der Waals surface area contributed by atoms with Crippen molar-refractivity contribution in [2.75, 3.05) is 27.3 Å². The van der Waals surface area contributed by atoms with Crippen molar-refractivity contribution in [3.8, 4) is 5.75 Å². The van der Waals surface area contributed by atoms with Crippen LogP contribution in [0.1, 0.15) is 29.2 Å². The van der Waals surface area contributed by atoms with Gasteiger partial charge in [-0.05, 0) is 38.0 Å². The van der Waals surface area contributed by atoms with Crippen molar-refractivity contribution in [3.63, 3.8) is 0 Å². The van der Waals surface area contributed by atoms with Crippen molar-refractivity contribution >= 4 is 12.0 Å². The van der Waals surface area contributed by atoms with E-state index in [0.29, 0.717) is 11.3 Å². The largest absolute Gasteiger partial charge is 0.496 e. The van der Waals surface area contributed by atoms with E-state index in [2.05, 4.69) is 4.99 Å². The smallest absolute Gasteiger partial charge is 0.423 e. The maximum atomic E-state index is 14.0. The molecule has 1 atom stereocenters. The summed E-state index contributed by atoms with van der Waals surface area (Å²) in [7, 11) is 3.09. The normalized spacial score (nSPS) is 14.0. The number of aliphatic hydroxyl groups is 1. The van der Waals surface area contributed by atoms with Gasteiger partial charge in [0.2, 0.25) is 5.60 Å². The Morgan fingerprint density at radius 3 is 2.45 bits per heavy atom. The van der Waals surface area contributed by atoms with E-state index in [1.807, 2.05) is 37.9 Å². The number of methoxy groups -OCH3 is 1. The van der Waals surface area contributed by atoms with E-state index >= 15 is 0 Å². The minimum absolute atomic E-state index is 0.0624. The van der Waals surface area contributed by atoms with Gasteiger partial charge < -0.3 is 19.5 Å². The van der Waals surface area contributed by atoms with Crippen LogP contribution < -0.4 is 4.74 Å². The van der Waals surface area contributed by atoms with Crippen molar-refractivity contribution < 1.29 is 27.8 Å². The molecule has 2 aromatic carbocycles. The number of aryl methyl sites for hydroxylation is 2. The SMILES string of the molecule is CCN(C)/C=N/c1cc(OC)c(C(O)(COCc2cccc(C)c2)C(F)(F)F)cc1C. The van der Waals surface area contributed by atoms with Crippen LogP contribution in [0, 0.1) is 13.8 Å². The monoisotopic (exact) mass is 438 g/mol. The molecule has 0 fully saturated rings. The van der Waals surface area contributed by atoms with Crippen LogP contribution in [-0.2, 0) is 16.9 Å². The van der Waals surface area contributed by atoms with Gasteiger partial charge in [-0.25, -0.2) is 4.99 Å². The lowest BCUT2D eigenvalue weighted by molar-refractivity contribution is -0.283. The fraction of sp³-hybridized carbons (Fsp3) is 0.435. The first-order valence-electron chi connectivity index (χ1n) is 9.87. The van der Waals surface area contributed by atoms with E-state index in [1.54, 1.807) is 25.4 Å². The molecule has 0 spiro atoms. The van der Waals surface area contributed by atoms with Gasteiger partial charge in [0.05, 0.1) is 32.3 Å². The first kappa shape index (κ1) is 24.7. The maximum Gasteiger partial charge on any atom is 0.423 e. The highest BCUT2D eigenvalue weighted by Gasteiger charge is 2.56. The zero-order valence-corrected chi connectivity index (χ0v) is 18.5. The molecule has 0 heterocycles. The summed E-state index contributed by atoms with van der Waals surface area (Å²) in [6.07, 6.45) is -3.39. The highest BCUT2D eigenvalue weighted by molar-refractivity contribution is 5.65. The van der Waals surface area contributed by atoms with Crippen LogP contribution in [0.15, 0.2) is 41.4 Å². The molecule has 5 nitrogen and oxygen atoms in total. The number of halogens is 3. The van der Waals surface area contributed by atoms with Gasteiger partial charge in [0.25, 0.3) is 0 Å². The second-order valence-corrected chi connectivity index (χ2v) is 7.50. The van der Waals surface area contributed by atoms with E-state index in [9.17, 15) is 18.3 Å². The number of benzene rings is 2.